The van der Waals surface area contributed by atoms with Gasteiger partial charge in [0, 0.05) is 6.42 Å². The number of quaternary nitrogens is 1. The quantitative estimate of drug-likeness (QED) is 0.391. The number of amides is 2. The zero-order chi connectivity index (χ0) is 16.5. The van der Waals surface area contributed by atoms with Crippen LogP contribution in [0.4, 0.5) is 4.79 Å². The molecule has 0 spiro atoms. The van der Waals surface area contributed by atoms with Gasteiger partial charge in [0.2, 0.25) is 0 Å². The molecule has 0 aliphatic heterocycles. The second kappa shape index (κ2) is 9.06. The molecule has 0 radical (unpaired) electrons. The second-order valence-electron chi connectivity index (χ2n) is 4.19. The van der Waals surface area contributed by atoms with Crippen molar-refractivity contribution in [2.45, 2.75) is 31.2 Å². The lowest BCUT2D eigenvalue weighted by molar-refractivity contribution is -0.393. The monoisotopic (exact) mass is 316 g/mol. The highest BCUT2D eigenvalue weighted by atomic mass is 32.2. The molecule has 0 heterocycles. The standard InChI is InChI=1S/C7H8O3S.C5H12N4O/c1-6-2-4-7(5-3-6)11(8,9)10;1-2-4(6)3-8-9-5(7)10/h2-5H,1H3,(H,8,9,10);3-4H,2,6H2,1H3,(H3,7,9,10)/b;8-3+/t;4-/m.0/s1. The first-order valence-corrected chi connectivity index (χ1v) is 7.52. The number of aryl methyl sites for hydroxylation is 1. The highest BCUT2D eigenvalue weighted by molar-refractivity contribution is 7.85. The smallest absolute Gasteiger partial charge is 0.332 e. The molecular formula is C12H20N4O4S. The van der Waals surface area contributed by atoms with Crippen molar-refractivity contribution in [2.24, 2.45) is 10.8 Å². The van der Waals surface area contributed by atoms with Crippen LogP contribution in [0.3, 0.4) is 0 Å². The lowest BCUT2D eigenvalue weighted by Crippen LogP contribution is -2.61. The van der Waals surface area contributed by atoms with Crippen LogP contribution in [0.25, 0.3) is 0 Å². The number of hydrogen-bond donors (Lipinski definition) is 3. The molecule has 0 fully saturated rings. The Kier molecular flexibility index (Phi) is 8.21. The zero-order valence-electron chi connectivity index (χ0n) is 11.9. The number of carbonyl (C=O) groups is 1. The number of primary amides is 1. The third kappa shape index (κ3) is 9.55. The molecular weight excluding hydrogens is 296 g/mol. The SMILES string of the molecule is CC[C@H]([NH3+])/C=N/NC(N)=O.Cc1ccc(S(=O)(=O)[O-])cc1. The number of rotatable bonds is 4. The summed E-state index contributed by atoms with van der Waals surface area (Å²) in [5.74, 6) is 0. The van der Waals surface area contributed by atoms with E-state index in [1.807, 2.05) is 13.8 Å². The Labute approximate surface area is 124 Å². The minimum absolute atomic E-state index is 0.131. The molecule has 0 saturated carbocycles. The minimum Gasteiger partial charge on any atom is -0.744 e. The van der Waals surface area contributed by atoms with E-state index >= 15 is 0 Å². The molecule has 1 aromatic carbocycles. The summed E-state index contributed by atoms with van der Waals surface area (Å²) in [4.78, 5) is 9.87. The van der Waals surface area contributed by atoms with E-state index in [0.717, 1.165) is 12.0 Å². The van der Waals surface area contributed by atoms with Crippen LogP contribution in [0.1, 0.15) is 18.9 Å². The maximum Gasteiger partial charge on any atom is 0.332 e. The Morgan fingerprint density at radius 3 is 2.38 bits per heavy atom. The van der Waals surface area contributed by atoms with Crippen LogP contribution < -0.4 is 16.9 Å². The third-order valence-corrected chi connectivity index (χ3v) is 3.14. The maximum atomic E-state index is 10.4. The summed E-state index contributed by atoms with van der Waals surface area (Å²) in [7, 11) is -4.27. The van der Waals surface area contributed by atoms with Crippen LogP contribution >= 0.6 is 0 Å². The zero-order valence-corrected chi connectivity index (χ0v) is 12.8. The van der Waals surface area contributed by atoms with Gasteiger partial charge >= 0.3 is 6.03 Å². The Hall–Kier alpha value is -1.97. The number of urea groups is 1. The van der Waals surface area contributed by atoms with E-state index in [1.165, 1.54) is 12.1 Å². The number of hydrogen-bond acceptors (Lipinski definition) is 5. The van der Waals surface area contributed by atoms with Gasteiger partial charge in [0.15, 0.2) is 0 Å². The number of nitrogens with two attached hydrogens (primary N) is 1. The predicted molar refractivity (Wildman–Crippen MR) is 77.3 cm³/mol. The van der Waals surface area contributed by atoms with E-state index in [0.29, 0.717) is 0 Å². The fourth-order valence-electron chi connectivity index (χ4n) is 1.02. The van der Waals surface area contributed by atoms with E-state index < -0.39 is 16.1 Å². The van der Waals surface area contributed by atoms with Gasteiger partial charge < -0.3 is 16.0 Å². The van der Waals surface area contributed by atoms with E-state index in [2.05, 4.69) is 16.3 Å². The normalized spacial score (nSPS) is 12.4. The van der Waals surface area contributed by atoms with Crippen molar-refractivity contribution in [3.8, 4) is 0 Å². The number of carbonyl (C=O) groups excluding carboxylic acids is 1. The summed E-state index contributed by atoms with van der Waals surface area (Å²) in [5.41, 5.74) is 11.5. The average molecular weight is 316 g/mol. The average Bonchev–Trinajstić information content (AvgIpc) is 2.38. The van der Waals surface area contributed by atoms with Crippen LogP contribution in [0.5, 0.6) is 0 Å². The number of nitrogens with zero attached hydrogens (tertiary/aromatic N) is 1. The highest BCUT2D eigenvalue weighted by Crippen LogP contribution is 2.08. The van der Waals surface area contributed by atoms with Gasteiger partial charge in [-0.15, -0.1) is 0 Å². The molecule has 2 amide bonds. The van der Waals surface area contributed by atoms with Gasteiger partial charge in [0.25, 0.3) is 0 Å². The van der Waals surface area contributed by atoms with E-state index in [1.54, 1.807) is 18.3 Å². The molecule has 21 heavy (non-hydrogen) atoms. The fourth-order valence-corrected chi connectivity index (χ4v) is 1.49. The molecule has 0 saturated heterocycles. The number of hydrazone groups is 1. The third-order valence-electron chi connectivity index (χ3n) is 2.29. The van der Waals surface area contributed by atoms with Crippen molar-refractivity contribution in [2.75, 3.05) is 0 Å². The van der Waals surface area contributed by atoms with Gasteiger partial charge in [-0.2, -0.15) is 5.10 Å². The van der Waals surface area contributed by atoms with Crippen molar-refractivity contribution in [3.05, 3.63) is 29.8 Å². The van der Waals surface area contributed by atoms with E-state index in [-0.39, 0.29) is 10.9 Å². The van der Waals surface area contributed by atoms with Crippen molar-refractivity contribution >= 4 is 22.4 Å². The van der Waals surface area contributed by atoms with Gasteiger partial charge in [-0.05, 0) is 19.1 Å². The molecule has 0 unspecified atom stereocenters. The van der Waals surface area contributed by atoms with Crippen molar-refractivity contribution < 1.29 is 23.5 Å². The fraction of sp³-hybridized carbons (Fsp3) is 0.333. The van der Waals surface area contributed by atoms with Gasteiger partial charge in [-0.3, -0.25) is 0 Å². The summed E-state index contributed by atoms with van der Waals surface area (Å²) >= 11 is 0. The molecule has 0 aliphatic carbocycles. The van der Waals surface area contributed by atoms with Crippen LogP contribution in [0, 0.1) is 6.92 Å². The Balaban J connectivity index is 0.000000384. The minimum atomic E-state index is -4.27. The van der Waals surface area contributed by atoms with E-state index in [4.69, 9.17) is 5.73 Å². The lowest BCUT2D eigenvalue weighted by atomic mass is 10.2. The molecule has 118 valence electrons. The topological polar surface area (TPSA) is 152 Å². The van der Waals surface area contributed by atoms with Crippen LogP contribution in [0.15, 0.2) is 34.3 Å². The summed E-state index contributed by atoms with van der Waals surface area (Å²) in [5, 5.41) is 3.53. The first-order valence-electron chi connectivity index (χ1n) is 6.11. The molecule has 0 aliphatic rings. The van der Waals surface area contributed by atoms with Crippen LogP contribution in [-0.4, -0.2) is 31.3 Å². The Bertz CT molecular complexity index is 569. The lowest BCUT2D eigenvalue weighted by Gasteiger charge is -2.05. The Morgan fingerprint density at radius 2 is 2.00 bits per heavy atom. The molecule has 9 heteroatoms. The molecule has 1 rings (SSSR count). The van der Waals surface area contributed by atoms with E-state index in [9.17, 15) is 17.8 Å². The first-order chi connectivity index (χ1) is 9.66. The predicted octanol–water partition coefficient (Wildman–Crippen LogP) is -0.440. The summed E-state index contributed by atoms with van der Waals surface area (Å²) in [6.07, 6.45) is 2.44. The Morgan fingerprint density at radius 1 is 1.48 bits per heavy atom. The number of nitrogens with one attached hydrogen (secondary N) is 1. The largest absolute Gasteiger partial charge is 0.744 e. The highest BCUT2D eigenvalue weighted by Gasteiger charge is 1.97. The molecule has 8 nitrogen and oxygen atoms in total. The summed E-state index contributed by atoms with van der Waals surface area (Å²) in [6, 6.07) is 5.26. The van der Waals surface area contributed by atoms with Gasteiger partial charge in [-0.1, -0.05) is 24.6 Å². The maximum absolute atomic E-state index is 10.4. The second-order valence-corrected chi connectivity index (χ2v) is 5.57. The van der Waals surface area contributed by atoms with Gasteiger partial charge in [-0.25, -0.2) is 18.6 Å². The first kappa shape index (κ1) is 19.0. The van der Waals surface area contributed by atoms with Crippen molar-refractivity contribution in [1.82, 2.24) is 5.43 Å². The molecule has 1 aromatic rings. The molecule has 1 atom stereocenters. The summed E-state index contributed by atoms with van der Waals surface area (Å²) < 4.78 is 31.2. The number of benzene rings is 1. The molecule has 0 aromatic heterocycles. The van der Waals surface area contributed by atoms with Gasteiger partial charge in [0.05, 0.1) is 11.1 Å². The van der Waals surface area contributed by atoms with Crippen molar-refractivity contribution in [3.63, 3.8) is 0 Å². The molecule has 6 N–H and O–H groups in total. The van der Waals surface area contributed by atoms with Crippen LogP contribution in [0.2, 0.25) is 0 Å². The summed E-state index contributed by atoms with van der Waals surface area (Å²) in [6.45, 7) is 3.80. The van der Waals surface area contributed by atoms with Crippen LogP contribution in [-0.2, 0) is 10.1 Å². The molecule has 0 bridgehead atoms. The van der Waals surface area contributed by atoms with Gasteiger partial charge in [0.1, 0.15) is 16.2 Å². The van der Waals surface area contributed by atoms with Crippen molar-refractivity contribution in [1.29, 1.82) is 0 Å².